The molecule has 0 saturated carbocycles. The number of carbonyl (C=O) groups excluding carboxylic acids is 1. The van der Waals surface area contributed by atoms with Crippen LogP contribution in [0.25, 0.3) is 28.0 Å². The van der Waals surface area contributed by atoms with Crippen LogP contribution in [0.4, 0.5) is 20.4 Å². The van der Waals surface area contributed by atoms with Crippen molar-refractivity contribution >= 4 is 28.6 Å². The highest BCUT2D eigenvalue weighted by Crippen LogP contribution is 2.32. The fourth-order valence-electron chi connectivity index (χ4n) is 5.22. The number of nitrogens with zero attached hydrogens (tertiary/aromatic N) is 4. The number of hydrogen-bond acceptors (Lipinski definition) is 6. The first kappa shape index (κ1) is 30.5. The Balaban J connectivity index is 1.65. The molecule has 0 aliphatic rings. The lowest BCUT2D eigenvalue weighted by Gasteiger charge is -2.19. The Labute approximate surface area is 254 Å². The van der Waals surface area contributed by atoms with Gasteiger partial charge in [0.05, 0.1) is 5.69 Å². The predicted molar refractivity (Wildman–Crippen MR) is 171 cm³/mol. The zero-order valence-corrected chi connectivity index (χ0v) is 24.9. The molecule has 2 heterocycles. The number of fused-ring (bicyclic) bond motifs is 1. The van der Waals surface area contributed by atoms with Gasteiger partial charge in [0.1, 0.15) is 17.3 Å². The van der Waals surface area contributed by atoms with E-state index in [0.717, 1.165) is 42.8 Å². The van der Waals surface area contributed by atoms with E-state index < -0.39 is 22.9 Å². The maximum absolute atomic E-state index is 15.0. The van der Waals surface area contributed by atoms with Crippen LogP contribution in [0.15, 0.2) is 83.7 Å². The number of aromatic nitrogens is 3. The second-order valence-electron chi connectivity index (χ2n) is 10.3. The van der Waals surface area contributed by atoms with Gasteiger partial charge >= 0.3 is 0 Å². The number of para-hydroxylation sites is 2. The van der Waals surface area contributed by atoms with Crippen molar-refractivity contribution in [2.24, 2.45) is 0 Å². The molecule has 0 spiro atoms. The van der Waals surface area contributed by atoms with Gasteiger partial charge in [-0.05, 0) is 74.9 Å². The van der Waals surface area contributed by atoms with E-state index in [0.29, 0.717) is 40.0 Å². The highest BCUT2D eigenvalue weighted by atomic mass is 19.1. The number of hydrogen-bond donors (Lipinski definition) is 2. The minimum Gasteiger partial charge on any atom is -0.354 e. The Bertz CT molecular complexity index is 1830. The molecule has 0 radical (unpaired) electrons. The second kappa shape index (κ2) is 13.6. The van der Waals surface area contributed by atoms with Crippen LogP contribution in [-0.2, 0) is 0 Å². The molecule has 0 aliphatic heterocycles. The van der Waals surface area contributed by atoms with Crippen LogP contribution in [0, 0.1) is 18.6 Å². The molecule has 2 aromatic heterocycles. The van der Waals surface area contributed by atoms with Crippen molar-refractivity contribution in [3.8, 4) is 16.9 Å². The average molecular weight is 597 g/mol. The van der Waals surface area contributed by atoms with Gasteiger partial charge in [-0.2, -0.15) is 4.98 Å². The van der Waals surface area contributed by atoms with Gasteiger partial charge in [0.2, 0.25) is 5.95 Å². The lowest BCUT2D eigenvalue weighted by atomic mass is 9.97. The van der Waals surface area contributed by atoms with Crippen LogP contribution in [0.5, 0.6) is 0 Å². The summed E-state index contributed by atoms with van der Waals surface area (Å²) in [6, 6.07) is 20.6. The Morgan fingerprint density at radius 2 is 1.59 bits per heavy atom. The van der Waals surface area contributed by atoms with Crippen LogP contribution in [0.2, 0.25) is 0 Å². The van der Waals surface area contributed by atoms with Crippen LogP contribution in [-0.4, -0.2) is 51.5 Å². The molecule has 5 rings (SSSR count). The molecule has 0 unspecified atom stereocenters. The van der Waals surface area contributed by atoms with Crippen molar-refractivity contribution < 1.29 is 13.6 Å². The normalized spacial score (nSPS) is 11.2. The lowest BCUT2D eigenvalue weighted by Crippen LogP contribution is -2.25. The molecule has 0 atom stereocenters. The minimum atomic E-state index is -0.899. The van der Waals surface area contributed by atoms with Gasteiger partial charge in [0.15, 0.2) is 5.65 Å². The van der Waals surface area contributed by atoms with Crippen molar-refractivity contribution in [3.05, 3.63) is 112 Å². The van der Waals surface area contributed by atoms with E-state index in [1.807, 2.05) is 31.2 Å². The summed E-state index contributed by atoms with van der Waals surface area (Å²) in [6.45, 7) is 9.28. The van der Waals surface area contributed by atoms with Crippen LogP contribution >= 0.6 is 0 Å². The van der Waals surface area contributed by atoms with Crippen molar-refractivity contribution in [1.29, 1.82) is 0 Å². The summed E-state index contributed by atoms with van der Waals surface area (Å²) < 4.78 is 31.0. The zero-order chi connectivity index (χ0) is 31.2. The molecular formula is C34H34F2N6O2. The first-order chi connectivity index (χ1) is 21.3. The van der Waals surface area contributed by atoms with E-state index in [4.69, 9.17) is 4.98 Å². The van der Waals surface area contributed by atoms with Gasteiger partial charge in [-0.3, -0.25) is 14.2 Å². The summed E-state index contributed by atoms with van der Waals surface area (Å²) in [5.41, 5.74) is 1.63. The summed E-state index contributed by atoms with van der Waals surface area (Å²) >= 11 is 0. The summed E-state index contributed by atoms with van der Waals surface area (Å²) in [6.07, 6.45) is 0.802. The maximum Gasteiger partial charge on any atom is 0.256 e. The molecule has 5 aromatic rings. The van der Waals surface area contributed by atoms with Gasteiger partial charge < -0.3 is 15.5 Å². The number of benzene rings is 3. The summed E-state index contributed by atoms with van der Waals surface area (Å²) in [5.74, 6) is -1.90. The van der Waals surface area contributed by atoms with E-state index in [-0.39, 0.29) is 17.5 Å². The van der Waals surface area contributed by atoms with Crippen molar-refractivity contribution in [2.45, 2.75) is 27.2 Å². The molecule has 0 bridgehead atoms. The van der Waals surface area contributed by atoms with Gasteiger partial charge in [-0.25, -0.2) is 13.8 Å². The number of pyridine rings is 1. The summed E-state index contributed by atoms with van der Waals surface area (Å²) in [7, 11) is 0. The average Bonchev–Trinajstić information content (AvgIpc) is 3.02. The molecule has 1 amide bonds. The zero-order valence-electron chi connectivity index (χ0n) is 24.9. The number of rotatable bonds is 11. The van der Waals surface area contributed by atoms with Crippen molar-refractivity contribution in [1.82, 2.24) is 19.4 Å². The molecular weight excluding hydrogens is 562 g/mol. The molecule has 8 nitrogen and oxygen atoms in total. The number of nitrogens with one attached hydrogen (secondary N) is 2. The monoisotopic (exact) mass is 596 g/mol. The summed E-state index contributed by atoms with van der Waals surface area (Å²) in [4.78, 5) is 38.2. The number of carbonyl (C=O) groups is 1. The molecule has 0 saturated heterocycles. The van der Waals surface area contributed by atoms with E-state index in [1.54, 1.807) is 30.3 Å². The number of amides is 1. The maximum atomic E-state index is 15.0. The highest BCUT2D eigenvalue weighted by Gasteiger charge is 2.22. The Morgan fingerprint density at radius 3 is 2.30 bits per heavy atom. The van der Waals surface area contributed by atoms with Gasteiger partial charge in [0.25, 0.3) is 11.5 Å². The molecule has 3 aromatic carbocycles. The highest BCUT2D eigenvalue weighted by molar-refractivity contribution is 6.07. The van der Waals surface area contributed by atoms with E-state index >= 15 is 8.78 Å². The van der Waals surface area contributed by atoms with Crippen LogP contribution < -0.4 is 16.2 Å². The van der Waals surface area contributed by atoms with E-state index in [2.05, 4.69) is 34.4 Å². The quantitative estimate of drug-likeness (QED) is 0.171. The third-order valence-corrected chi connectivity index (χ3v) is 7.61. The molecule has 10 heteroatoms. The smallest absolute Gasteiger partial charge is 0.256 e. The predicted octanol–water partition coefficient (Wildman–Crippen LogP) is 6.43. The molecule has 44 heavy (non-hydrogen) atoms. The van der Waals surface area contributed by atoms with Crippen LogP contribution in [0.1, 0.15) is 36.2 Å². The van der Waals surface area contributed by atoms with E-state index in [1.165, 1.54) is 12.1 Å². The Hall–Kier alpha value is -4.96. The Kier molecular flexibility index (Phi) is 9.40. The number of halogens is 2. The molecule has 0 fully saturated rings. The second-order valence-corrected chi connectivity index (χ2v) is 10.3. The third kappa shape index (κ3) is 6.35. The fourth-order valence-corrected chi connectivity index (χ4v) is 5.22. The molecule has 0 aliphatic carbocycles. The minimum absolute atomic E-state index is 0.0382. The SMILES string of the molecule is CCN(CC)CCCNc1nc(-c2cccc(C(=O)Nc3ccccc3)c2C)c2ccc(=O)n(-c3c(F)cccc3F)c2n1. The number of anilines is 2. The third-order valence-electron chi connectivity index (χ3n) is 7.61. The fraction of sp³-hybridized carbons (Fsp3) is 0.235. The van der Waals surface area contributed by atoms with Crippen LogP contribution in [0.3, 0.4) is 0 Å². The van der Waals surface area contributed by atoms with E-state index in [9.17, 15) is 9.59 Å². The first-order valence-electron chi connectivity index (χ1n) is 14.6. The van der Waals surface area contributed by atoms with Crippen molar-refractivity contribution in [3.63, 3.8) is 0 Å². The topological polar surface area (TPSA) is 92.2 Å². The van der Waals surface area contributed by atoms with Crippen molar-refractivity contribution in [2.75, 3.05) is 36.8 Å². The van der Waals surface area contributed by atoms with Gasteiger partial charge in [-0.1, -0.05) is 50.2 Å². The largest absolute Gasteiger partial charge is 0.354 e. The first-order valence-corrected chi connectivity index (χ1v) is 14.6. The Morgan fingerprint density at radius 1 is 0.886 bits per heavy atom. The molecule has 2 N–H and O–H groups in total. The summed E-state index contributed by atoms with van der Waals surface area (Å²) in [5, 5.41) is 6.54. The van der Waals surface area contributed by atoms with Gasteiger partial charge in [-0.15, -0.1) is 0 Å². The standard InChI is InChI=1S/C34H34F2N6O2/c1-4-41(5-2)21-11-20-37-34-39-30(24-14-9-15-25(22(24)3)33(44)38-23-12-7-6-8-13-23)26-18-19-29(43)42(32(26)40-34)31-27(35)16-10-17-28(31)36/h6-10,12-19H,4-5,11,20-21H2,1-3H3,(H,38,44)(H,37,39,40). The lowest BCUT2D eigenvalue weighted by molar-refractivity contribution is 0.102. The van der Waals surface area contributed by atoms with Gasteiger partial charge in [0, 0.05) is 34.8 Å². The molecule has 226 valence electrons.